The third-order valence-electron chi connectivity index (χ3n) is 3.58. The van der Waals surface area contributed by atoms with Crippen molar-refractivity contribution in [3.8, 4) is 34.2 Å². The van der Waals surface area contributed by atoms with E-state index in [-0.39, 0.29) is 0 Å². The van der Waals surface area contributed by atoms with E-state index in [1.165, 1.54) is 6.26 Å². The first kappa shape index (κ1) is 16.6. The second-order valence-electron chi connectivity index (χ2n) is 5.45. The van der Waals surface area contributed by atoms with Gasteiger partial charge in [-0.1, -0.05) is 23.7 Å². The molecule has 3 rings (SSSR count). The zero-order valence-corrected chi connectivity index (χ0v) is 13.9. The summed E-state index contributed by atoms with van der Waals surface area (Å²) in [5, 5.41) is 8.82. The van der Waals surface area contributed by atoms with Crippen LogP contribution in [0.2, 0.25) is 0 Å². The summed E-state index contributed by atoms with van der Waals surface area (Å²) >= 11 is 0. The molecule has 2 aromatic carbocycles. The lowest BCUT2D eigenvalue weighted by molar-refractivity contribution is -0.139. The van der Waals surface area contributed by atoms with E-state index < -0.39 is 12.6 Å². The monoisotopic (exact) mass is 337 g/mol. The fraction of sp³-hybridized carbons (Fsp3) is 0.111. The van der Waals surface area contributed by atoms with Crippen LogP contribution in [0, 0.1) is 0 Å². The van der Waals surface area contributed by atoms with Crippen molar-refractivity contribution in [1.82, 2.24) is 4.98 Å². The number of ether oxygens (including phenoxy) is 2. The van der Waals surface area contributed by atoms with Crippen molar-refractivity contribution in [1.29, 1.82) is 0 Å². The molecular weight excluding hydrogens is 321 g/mol. The highest BCUT2D eigenvalue weighted by Crippen LogP contribution is 2.31. The first-order valence-electron chi connectivity index (χ1n) is 7.62. The largest absolute Gasteiger partial charge is 0.497 e. The van der Waals surface area contributed by atoms with E-state index in [2.05, 4.69) is 4.98 Å². The molecule has 0 atom stereocenters. The fourth-order valence-corrected chi connectivity index (χ4v) is 2.40. The minimum Gasteiger partial charge on any atom is -0.497 e. The Balaban J connectivity index is 1.96. The van der Waals surface area contributed by atoms with Crippen molar-refractivity contribution in [2.75, 3.05) is 13.7 Å². The average molecular weight is 337 g/mol. The van der Waals surface area contributed by atoms with Gasteiger partial charge in [-0.2, -0.15) is 0 Å². The molecule has 1 heterocycles. The summed E-state index contributed by atoms with van der Waals surface area (Å²) in [7, 11) is 3.53. The molecule has 6 nitrogen and oxygen atoms in total. The van der Waals surface area contributed by atoms with Crippen LogP contribution >= 0.6 is 0 Å². The molecule has 1 aromatic heterocycles. The number of rotatable bonds is 6. The van der Waals surface area contributed by atoms with Gasteiger partial charge in [0.25, 0.3) is 0 Å². The van der Waals surface area contributed by atoms with Gasteiger partial charge in [0.05, 0.1) is 7.11 Å². The number of aromatic nitrogens is 1. The lowest BCUT2D eigenvalue weighted by Gasteiger charge is -2.09. The van der Waals surface area contributed by atoms with Crippen molar-refractivity contribution in [3.63, 3.8) is 0 Å². The van der Waals surface area contributed by atoms with E-state index in [9.17, 15) is 4.79 Å². The Morgan fingerprint density at radius 1 is 1.28 bits per heavy atom. The summed E-state index contributed by atoms with van der Waals surface area (Å²) in [5.74, 6) is 0.556. The molecule has 7 heteroatoms. The number of carbonyl (C=O) groups is 1. The van der Waals surface area contributed by atoms with Crippen molar-refractivity contribution >= 4 is 19.3 Å². The summed E-state index contributed by atoms with van der Waals surface area (Å²) in [6, 6.07) is 12.9. The lowest BCUT2D eigenvalue weighted by atomic mass is 9.93. The number of aliphatic carboxylic acids is 1. The highest BCUT2D eigenvalue weighted by molar-refractivity contribution is 6.32. The maximum absolute atomic E-state index is 10.8. The van der Waals surface area contributed by atoms with Gasteiger partial charge in [0.1, 0.15) is 31.3 Å². The zero-order valence-electron chi connectivity index (χ0n) is 13.9. The highest BCUT2D eigenvalue weighted by Gasteiger charge is 2.14. The molecule has 0 saturated carbocycles. The molecule has 0 amide bonds. The first-order chi connectivity index (χ1) is 12.1. The molecule has 1 N–H and O–H groups in total. The Morgan fingerprint density at radius 2 is 2.12 bits per heavy atom. The smallest absolute Gasteiger partial charge is 0.341 e. The van der Waals surface area contributed by atoms with Gasteiger partial charge in [-0.05, 0) is 24.3 Å². The van der Waals surface area contributed by atoms with Gasteiger partial charge in [-0.15, -0.1) is 0 Å². The van der Waals surface area contributed by atoms with Crippen LogP contribution < -0.4 is 14.9 Å². The predicted octanol–water partition coefficient (Wildman–Crippen LogP) is 1.74. The number of carboxylic acids is 1. The van der Waals surface area contributed by atoms with Crippen LogP contribution in [-0.4, -0.2) is 37.6 Å². The van der Waals surface area contributed by atoms with E-state index >= 15 is 0 Å². The third-order valence-corrected chi connectivity index (χ3v) is 3.58. The number of oxazole rings is 1. The van der Waals surface area contributed by atoms with Crippen molar-refractivity contribution in [2.45, 2.75) is 0 Å². The van der Waals surface area contributed by atoms with Crippen LogP contribution in [0.3, 0.4) is 0 Å². The molecule has 25 heavy (non-hydrogen) atoms. The van der Waals surface area contributed by atoms with Gasteiger partial charge in [0.15, 0.2) is 6.61 Å². The Morgan fingerprint density at radius 3 is 2.88 bits per heavy atom. The number of hydrogen-bond acceptors (Lipinski definition) is 5. The van der Waals surface area contributed by atoms with E-state index in [1.807, 2.05) is 44.2 Å². The number of methoxy groups -OCH3 is 1. The predicted molar refractivity (Wildman–Crippen MR) is 95.2 cm³/mol. The Bertz CT molecular complexity index is 906. The Hall–Kier alpha value is -3.22. The fourth-order valence-electron chi connectivity index (χ4n) is 2.40. The molecule has 0 bridgehead atoms. The Labute approximate surface area is 145 Å². The lowest BCUT2D eigenvalue weighted by Crippen LogP contribution is -2.11. The maximum atomic E-state index is 10.8. The van der Waals surface area contributed by atoms with Crippen LogP contribution in [0.4, 0.5) is 0 Å². The molecule has 0 saturated heterocycles. The molecule has 0 spiro atoms. The van der Waals surface area contributed by atoms with Gasteiger partial charge in [-0.25, -0.2) is 9.78 Å². The van der Waals surface area contributed by atoms with E-state index in [1.54, 1.807) is 13.2 Å². The van der Waals surface area contributed by atoms with E-state index in [0.29, 0.717) is 28.6 Å². The van der Waals surface area contributed by atoms with Gasteiger partial charge in [-0.3, -0.25) is 0 Å². The zero-order chi connectivity index (χ0) is 17.8. The molecule has 0 fully saturated rings. The van der Waals surface area contributed by atoms with Gasteiger partial charge in [0, 0.05) is 11.1 Å². The molecule has 0 aliphatic carbocycles. The van der Waals surface area contributed by atoms with Crippen LogP contribution in [0.15, 0.2) is 53.1 Å². The summed E-state index contributed by atoms with van der Waals surface area (Å²) in [6.45, 7) is -0.420. The third kappa shape index (κ3) is 3.83. The quantitative estimate of drug-likeness (QED) is 0.690. The standard InChI is InChI=1S/C18H16BNO5/c1-23-13-4-2-3-11(7-13)18-20-15(9-25-18)14-8-12(19)5-6-16(14)24-10-17(21)22/h2-9H,10,19H2,1H3,(H,21,22). The van der Waals surface area contributed by atoms with Crippen LogP contribution in [0.25, 0.3) is 22.7 Å². The van der Waals surface area contributed by atoms with Crippen LogP contribution in [-0.2, 0) is 4.79 Å². The van der Waals surface area contributed by atoms with Crippen molar-refractivity contribution in [2.24, 2.45) is 0 Å². The number of benzene rings is 2. The summed E-state index contributed by atoms with van der Waals surface area (Å²) in [4.78, 5) is 15.3. The molecule has 0 aliphatic heterocycles. The van der Waals surface area contributed by atoms with Gasteiger partial charge < -0.3 is 19.0 Å². The van der Waals surface area contributed by atoms with E-state index in [4.69, 9.17) is 19.0 Å². The van der Waals surface area contributed by atoms with Gasteiger partial charge >= 0.3 is 5.97 Å². The van der Waals surface area contributed by atoms with Crippen molar-refractivity contribution in [3.05, 3.63) is 48.7 Å². The summed E-state index contributed by atoms with van der Waals surface area (Å²) in [6.07, 6.45) is 1.53. The topological polar surface area (TPSA) is 81.8 Å². The van der Waals surface area contributed by atoms with Crippen molar-refractivity contribution < 1.29 is 23.8 Å². The second kappa shape index (κ2) is 7.13. The minimum atomic E-state index is -1.04. The molecule has 126 valence electrons. The molecular formula is C18H16BNO5. The number of carboxylic acid groups (broad SMARTS) is 1. The first-order valence-corrected chi connectivity index (χ1v) is 7.62. The SMILES string of the molecule is Bc1ccc(OCC(=O)O)c(-c2coc(-c3cccc(OC)c3)n2)c1. The average Bonchev–Trinajstić information content (AvgIpc) is 3.10. The van der Waals surface area contributed by atoms with Crippen LogP contribution in [0.5, 0.6) is 11.5 Å². The normalized spacial score (nSPS) is 10.4. The highest BCUT2D eigenvalue weighted by atomic mass is 16.5. The maximum Gasteiger partial charge on any atom is 0.341 e. The number of hydrogen-bond donors (Lipinski definition) is 1. The Kier molecular flexibility index (Phi) is 4.74. The molecule has 3 aromatic rings. The number of nitrogens with zero attached hydrogens (tertiary/aromatic N) is 1. The van der Waals surface area contributed by atoms with Crippen LogP contribution in [0.1, 0.15) is 0 Å². The minimum absolute atomic E-state index is 0.420. The summed E-state index contributed by atoms with van der Waals surface area (Å²) < 4.78 is 16.2. The van der Waals surface area contributed by atoms with E-state index in [0.717, 1.165) is 11.0 Å². The molecule has 0 radical (unpaired) electrons. The summed E-state index contributed by atoms with van der Waals surface area (Å²) in [5.41, 5.74) is 3.04. The molecule has 0 aliphatic rings. The second-order valence-corrected chi connectivity index (χ2v) is 5.45. The molecule has 0 unspecified atom stereocenters. The van der Waals surface area contributed by atoms with Gasteiger partial charge in [0.2, 0.25) is 5.89 Å².